The van der Waals surface area contributed by atoms with Gasteiger partial charge in [0.05, 0.1) is 6.54 Å². The zero-order chi connectivity index (χ0) is 12.3. The minimum atomic E-state index is -0.523. The van der Waals surface area contributed by atoms with E-state index in [4.69, 9.17) is 10.2 Å². The third-order valence-corrected chi connectivity index (χ3v) is 2.58. The fraction of sp³-hybridized carbons (Fsp3) is 0.583. The second kappa shape index (κ2) is 4.70. The molecule has 1 aromatic rings. The number of hydrogen-bond donors (Lipinski definition) is 1. The van der Waals surface area contributed by atoms with E-state index in [0.717, 1.165) is 12.3 Å². The van der Waals surface area contributed by atoms with Crippen LogP contribution in [0.15, 0.2) is 16.5 Å². The molecule has 0 aliphatic carbocycles. The van der Waals surface area contributed by atoms with Crippen molar-refractivity contribution in [2.45, 2.75) is 39.8 Å². The molecular formula is C12H20N2O2. The molecule has 0 saturated carbocycles. The quantitative estimate of drug-likeness (QED) is 0.851. The summed E-state index contributed by atoms with van der Waals surface area (Å²) in [6, 6.07) is 3.42. The first-order valence-corrected chi connectivity index (χ1v) is 5.48. The van der Waals surface area contributed by atoms with Gasteiger partial charge >= 0.3 is 0 Å². The van der Waals surface area contributed by atoms with E-state index in [0.29, 0.717) is 6.54 Å². The fourth-order valence-corrected chi connectivity index (χ4v) is 1.61. The zero-order valence-corrected chi connectivity index (χ0v) is 10.4. The summed E-state index contributed by atoms with van der Waals surface area (Å²) < 4.78 is 5.36. The van der Waals surface area contributed by atoms with Gasteiger partial charge in [-0.2, -0.15) is 0 Å². The molecule has 4 heteroatoms. The Balaban J connectivity index is 2.75. The van der Waals surface area contributed by atoms with E-state index in [-0.39, 0.29) is 11.3 Å². The zero-order valence-electron chi connectivity index (χ0n) is 10.4. The highest BCUT2D eigenvalue weighted by Crippen LogP contribution is 2.18. The van der Waals surface area contributed by atoms with Crippen molar-refractivity contribution < 1.29 is 9.21 Å². The number of carbonyl (C=O) groups excluding carboxylic acids is 1. The lowest BCUT2D eigenvalue weighted by atomic mass is 10.1. The van der Waals surface area contributed by atoms with Crippen LogP contribution in [0.5, 0.6) is 0 Å². The highest BCUT2D eigenvalue weighted by Gasteiger charge is 2.21. The number of carbonyl (C=O) groups is 1. The van der Waals surface area contributed by atoms with Gasteiger partial charge in [-0.05, 0) is 39.4 Å². The van der Waals surface area contributed by atoms with Gasteiger partial charge in [0.1, 0.15) is 5.76 Å². The number of amides is 1. The number of furan rings is 1. The maximum Gasteiger partial charge on any atom is 0.284 e. The van der Waals surface area contributed by atoms with Gasteiger partial charge in [0.2, 0.25) is 0 Å². The van der Waals surface area contributed by atoms with Crippen molar-refractivity contribution in [2.75, 3.05) is 6.54 Å². The van der Waals surface area contributed by atoms with Gasteiger partial charge in [-0.25, -0.2) is 0 Å². The molecule has 1 amide bonds. The molecule has 0 radical (unpaired) electrons. The Morgan fingerprint density at radius 2 is 2.06 bits per heavy atom. The van der Waals surface area contributed by atoms with E-state index in [1.165, 1.54) is 0 Å². The lowest BCUT2D eigenvalue weighted by Gasteiger charge is -2.33. The molecule has 0 aliphatic rings. The van der Waals surface area contributed by atoms with E-state index in [1.54, 1.807) is 12.1 Å². The third kappa shape index (κ3) is 3.10. The molecule has 0 saturated heterocycles. The Morgan fingerprint density at radius 3 is 2.44 bits per heavy atom. The number of hydrogen-bond acceptors (Lipinski definition) is 3. The molecule has 1 aromatic heterocycles. The molecule has 0 spiro atoms. The van der Waals surface area contributed by atoms with E-state index in [2.05, 4.69) is 32.6 Å². The van der Waals surface area contributed by atoms with E-state index in [9.17, 15) is 4.79 Å². The van der Waals surface area contributed by atoms with Crippen LogP contribution >= 0.6 is 0 Å². The van der Waals surface area contributed by atoms with Gasteiger partial charge in [-0.3, -0.25) is 9.69 Å². The lowest BCUT2D eigenvalue weighted by molar-refractivity contribution is 0.0962. The smallest absolute Gasteiger partial charge is 0.284 e. The van der Waals surface area contributed by atoms with Gasteiger partial charge in [0, 0.05) is 5.54 Å². The highest BCUT2D eigenvalue weighted by molar-refractivity contribution is 5.89. The van der Waals surface area contributed by atoms with E-state index >= 15 is 0 Å². The number of nitrogens with zero attached hydrogens (tertiary/aromatic N) is 1. The number of nitrogens with two attached hydrogens (primary N) is 1. The summed E-state index contributed by atoms with van der Waals surface area (Å²) in [5.41, 5.74) is 5.21. The van der Waals surface area contributed by atoms with Gasteiger partial charge in [0.25, 0.3) is 5.91 Å². The minimum absolute atomic E-state index is 0.0778. The second-order valence-electron chi connectivity index (χ2n) is 4.82. The van der Waals surface area contributed by atoms with Crippen LogP contribution in [0.1, 0.15) is 44.0 Å². The maximum absolute atomic E-state index is 10.9. The van der Waals surface area contributed by atoms with Gasteiger partial charge < -0.3 is 10.2 Å². The van der Waals surface area contributed by atoms with Crippen molar-refractivity contribution in [1.82, 2.24) is 4.90 Å². The fourth-order valence-electron chi connectivity index (χ4n) is 1.61. The highest BCUT2D eigenvalue weighted by atomic mass is 16.4. The molecule has 0 aromatic carbocycles. The maximum atomic E-state index is 10.9. The molecule has 0 aliphatic heterocycles. The van der Waals surface area contributed by atoms with Crippen LogP contribution in [0.25, 0.3) is 0 Å². The predicted molar refractivity (Wildman–Crippen MR) is 63.1 cm³/mol. The van der Waals surface area contributed by atoms with Crippen LogP contribution in [0.4, 0.5) is 0 Å². The normalized spacial score (nSPS) is 12.1. The summed E-state index contributed by atoms with van der Waals surface area (Å²) in [7, 11) is 0. The molecule has 4 nitrogen and oxygen atoms in total. The topological polar surface area (TPSA) is 59.5 Å². The summed E-state index contributed by atoms with van der Waals surface area (Å²) in [6.45, 7) is 10.2. The van der Waals surface area contributed by atoms with E-state index in [1.807, 2.05) is 0 Å². The second-order valence-corrected chi connectivity index (χ2v) is 4.82. The Hall–Kier alpha value is -1.29. The van der Waals surface area contributed by atoms with Crippen molar-refractivity contribution in [1.29, 1.82) is 0 Å². The van der Waals surface area contributed by atoms with E-state index < -0.39 is 5.91 Å². The monoisotopic (exact) mass is 224 g/mol. The Bertz CT molecular complexity index is 363. The van der Waals surface area contributed by atoms with Crippen molar-refractivity contribution in [3.8, 4) is 0 Å². The van der Waals surface area contributed by atoms with Crippen LogP contribution in [0.2, 0.25) is 0 Å². The molecule has 90 valence electrons. The first kappa shape index (κ1) is 12.8. The summed E-state index contributed by atoms with van der Waals surface area (Å²) >= 11 is 0. The van der Waals surface area contributed by atoms with Crippen molar-refractivity contribution in [3.63, 3.8) is 0 Å². The van der Waals surface area contributed by atoms with Crippen molar-refractivity contribution >= 4 is 5.91 Å². The van der Waals surface area contributed by atoms with Crippen LogP contribution in [0.3, 0.4) is 0 Å². The van der Waals surface area contributed by atoms with Gasteiger partial charge in [-0.1, -0.05) is 6.92 Å². The summed E-state index contributed by atoms with van der Waals surface area (Å²) in [5, 5.41) is 0. The average molecular weight is 224 g/mol. The SMILES string of the molecule is CCN(Cc1ccc(C(N)=O)o1)C(C)(C)C. The van der Waals surface area contributed by atoms with Crippen LogP contribution in [0, 0.1) is 0 Å². The minimum Gasteiger partial charge on any atom is -0.455 e. The standard InChI is InChI=1S/C12H20N2O2/c1-5-14(12(2,3)4)8-9-6-7-10(16-9)11(13)15/h6-7H,5,8H2,1-4H3,(H2,13,15). The van der Waals surface area contributed by atoms with Gasteiger partial charge in [-0.15, -0.1) is 0 Å². The lowest BCUT2D eigenvalue weighted by Crippen LogP contribution is -2.40. The Morgan fingerprint density at radius 1 is 1.44 bits per heavy atom. The van der Waals surface area contributed by atoms with Gasteiger partial charge in [0.15, 0.2) is 5.76 Å². The molecule has 2 N–H and O–H groups in total. The summed E-state index contributed by atoms with van der Waals surface area (Å²) in [5.74, 6) is 0.468. The van der Waals surface area contributed by atoms with Crippen LogP contribution in [-0.2, 0) is 6.54 Å². The summed E-state index contributed by atoms with van der Waals surface area (Å²) in [4.78, 5) is 13.1. The molecule has 1 rings (SSSR count). The molecular weight excluding hydrogens is 204 g/mol. The number of rotatable bonds is 4. The largest absolute Gasteiger partial charge is 0.455 e. The van der Waals surface area contributed by atoms with Crippen molar-refractivity contribution in [2.24, 2.45) is 5.73 Å². The first-order valence-electron chi connectivity index (χ1n) is 5.48. The molecule has 0 atom stereocenters. The Kier molecular flexibility index (Phi) is 3.75. The summed E-state index contributed by atoms with van der Waals surface area (Å²) in [6.07, 6.45) is 0. The first-order chi connectivity index (χ1) is 7.34. The van der Waals surface area contributed by atoms with Crippen molar-refractivity contribution in [3.05, 3.63) is 23.7 Å². The van der Waals surface area contributed by atoms with Crippen LogP contribution < -0.4 is 5.73 Å². The molecule has 16 heavy (non-hydrogen) atoms. The Labute approximate surface area is 96.4 Å². The average Bonchev–Trinajstić information content (AvgIpc) is 2.60. The number of primary amides is 1. The predicted octanol–water partition coefficient (Wildman–Crippen LogP) is 2.00. The third-order valence-electron chi connectivity index (χ3n) is 2.58. The van der Waals surface area contributed by atoms with Crippen LogP contribution in [-0.4, -0.2) is 22.9 Å². The molecule has 1 heterocycles. The molecule has 0 bridgehead atoms. The molecule has 0 unspecified atom stereocenters. The molecule has 0 fully saturated rings.